The van der Waals surface area contributed by atoms with Crippen molar-refractivity contribution in [3.8, 4) is 0 Å². The van der Waals surface area contributed by atoms with Gasteiger partial charge in [0.15, 0.2) is 6.10 Å². The van der Waals surface area contributed by atoms with Gasteiger partial charge < -0.3 is 9.64 Å². The van der Waals surface area contributed by atoms with Gasteiger partial charge in [0.05, 0.1) is 12.7 Å². The minimum Gasteiger partial charge on any atom is -0.449 e. The quantitative estimate of drug-likeness (QED) is 0.456. The van der Waals surface area contributed by atoms with E-state index in [2.05, 4.69) is 16.4 Å². The molecular formula is C24H24N4O3. The number of hydrogen-bond donors (Lipinski definition) is 0. The fourth-order valence-electron chi connectivity index (χ4n) is 3.60. The van der Waals surface area contributed by atoms with Gasteiger partial charge in [-0.05, 0) is 36.1 Å². The van der Waals surface area contributed by atoms with E-state index in [9.17, 15) is 9.59 Å². The number of hydrogen-bond acceptors (Lipinski definition) is 5. The second-order valence-corrected chi connectivity index (χ2v) is 7.52. The van der Waals surface area contributed by atoms with Gasteiger partial charge >= 0.3 is 5.97 Å². The second kappa shape index (κ2) is 9.38. The molecule has 1 aromatic heterocycles. The molecule has 0 bridgehead atoms. The third-order valence-corrected chi connectivity index (χ3v) is 5.22. The van der Waals surface area contributed by atoms with Crippen LogP contribution in [0.25, 0.3) is 6.08 Å². The first kappa shape index (κ1) is 20.5. The van der Waals surface area contributed by atoms with E-state index in [-0.39, 0.29) is 5.91 Å². The Morgan fingerprint density at radius 2 is 1.84 bits per heavy atom. The molecule has 0 fully saturated rings. The van der Waals surface area contributed by atoms with Gasteiger partial charge in [-0.25, -0.2) is 9.48 Å². The zero-order valence-corrected chi connectivity index (χ0v) is 17.3. The van der Waals surface area contributed by atoms with Crippen molar-refractivity contribution in [2.24, 2.45) is 0 Å². The molecule has 4 rings (SSSR count). The van der Waals surface area contributed by atoms with Crippen molar-refractivity contribution < 1.29 is 14.3 Å². The van der Waals surface area contributed by atoms with Gasteiger partial charge in [-0.15, -0.1) is 5.10 Å². The van der Waals surface area contributed by atoms with Gasteiger partial charge in [-0.2, -0.15) is 0 Å². The van der Waals surface area contributed by atoms with Crippen LogP contribution in [0.5, 0.6) is 0 Å². The highest BCUT2D eigenvalue weighted by Gasteiger charge is 2.26. The molecule has 7 heteroatoms. The third-order valence-electron chi connectivity index (χ3n) is 5.22. The Morgan fingerprint density at radius 1 is 1.10 bits per heavy atom. The summed E-state index contributed by atoms with van der Waals surface area (Å²) in [6.07, 6.45) is 4.51. The van der Waals surface area contributed by atoms with Gasteiger partial charge in [-0.1, -0.05) is 59.8 Å². The summed E-state index contributed by atoms with van der Waals surface area (Å²) in [5, 5.41) is 8.10. The van der Waals surface area contributed by atoms with Crippen LogP contribution in [-0.4, -0.2) is 44.4 Å². The molecule has 0 unspecified atom stereocenters. The molecule has 1 aliphatic rings. The summed E-state index contributed by atoms with van der Waals surface area (Å²) in [6, 6.07) is 18.0. The second-order valence-electron chi connectivity index (χ2n) is 7.52. The number of esters is 1. The molecule has 3 aromatic rings. The van der Waals surface area contributed by atoms with E-state index in [4.69, 9.17) is 4.74 Å². The maximum absolute atomic E-state index is 12.7. The molecule has 0 aliphatic carbocycles. The van der Waals surface area contributed by atoms with E-state index in [1.807, 2.05) is 48.5 Å². The Hall–Kier alpha value is -3.74. The van der Waals surface area contributed by atoms with E-state index < -0.39 is 12.1 Å². The first-order valence-corrected chi connectivity index (χ1v) is 10.3. The summed E-state index contributed by atoms with van der Waals surface area (Å²) >= 11 is 0. The van der Waals surface area contributed by atoms with E-state index in [1.165, 1.54) is 17.7 Å². The summed E-state index contributed by atoms with van der Waals surface area (Å²) < 4.78 is 7.00. The first-order chi connectivity index (χ1) is 15.1. The third kappa shape index (κ3) is 5.25. The Morgan fingerprint density at radius 3 is 2.65 bits per heavy atom. The molecule has 158 valence electrons. The van der Waals surface area contributed by atoms with Crippen molar-refractivity contribution in [1.82, 2.24) is 19.9 Å². The van der Waals surface area contributed by atoms with Gasteiger partial charge in [0, 0.05) is 19.2 Å². The average Bonchev–Trinajstić information content (AvgIpc) is 3.24. The SMILES string of the molecule is C[C@H](OC(=O)/C=C/c1cn(Cc2ccccc2)nn1)C(=O)N1CCc2ccccc2C1. The largest absolute Gasteiger partial charge is 0.449 e. The molecule has 2 heterocycles. The number of aromatic nitrogens is 3. The van der Waals surface area contributed by atoms with Crippen LogP contribution in [-0.2, 0) is 33.8 Å². The van der Waals surface area contributed by atoms with Crippen LogP contribution in [0.15, 0.2) is 66.9 Å². The highest BCUT2D eigenvalue weighted by Crippen LogP contribution is 2.19. The molecule has 31 heavy (non-hydrogen) atoms. The summed E-state index contributed by atoms with van der Waals surface area (Å²) in [5.74, 6) is -0.777. The number of fused-ring (bicyclic) bond motifs is 1. The molecule has 7 nitrogen and oxygen atoms in total. The number of nitrogens with zero attached hydrogens (tertiary/aromatic N) is 4. The Labute approximate surface area is 180 Å². The van der Waals surface area contributed by atoms with Crippen molar-refractivity contribution in [3.63, 3.8) is 0 Å². The van der Waals surface area contributed by atoms with Crippen molar-refractivity contribution in [2.75, 3.05) is 6.54 Å². The predicted molar refractivity (Wildman–Crippen MR) is 116 cm³/mol. The van der Waals surface area contributed by atoms with Crippen molar-refractivity contribution >= 4 is 18.0 Å². The highest BCUT2D eigenvalue weighted by atomic mass is 16.5. The van der Waals surface area contributed by atoms with Gasteiger partial charge in [-0.3, -0.25) is 4.79 Å². The number of carbonyl (C=O) groups excluding carboxylic acids is 2. The minimum atomic E-state index is -0.851. The van der Waals surface area contributed by atoms with E-state index in [1.54, 1.807) is 22.7 Å². The number of benzene rings is 2. The Balaban J connectivity index is 1.29. The molecule has 0 spiro atoms. The summed E-state index contributed by atoms with van der Waals surface area (Å²) in [7, 11) is 0. The smallest absolute Gasteiger partial charge is 0.331 e. The van der Waals surface area contributed by atoms with E-state index >= 15 is 0 Å². The monoisotopic (exact) mass is 416 g/mol. The molecule has 0 saturated carbocycles. The molecule has 0 saturated heterocycles. The van der Waals surface area contributed by atoms with Gasteiger partial charge in [0.1, 0.15) is 5.69 Å². The number of rotatable bonds is 6. The highest BCUT2D eigenvalue weighted by molar-refractivity contribution is 5.90. The maximum atomic E-state index is 12.7. The lowest BCUT2D eigenvalue weighted by Gasteiger charge is -2.30. The zero-order chi connectivity index (χ0) is 21.6. The molecule has 0 radical (unpaired) electrons. The molecule has 2 aromatic carbocycles. The summed E-state index contributed by atoms with van der Waals surface area (Å²) in [6.45, 7) is 3.36. The summed E-state index contributed by atoms with van der Waals surface area (Å²) in [5.41, 5.74) is 4.05. The van der Waals surface area contributed by atoms with Crippen LogP contribution in [0.3, 0.4) is 0 Å². The average molecular weight is 416 g/mol. The molecular weight excluding hydrogens is 392 g/mol. The summed E-state index contributed by atoms with van der Waals surface area (Å²) in [4.78, 5) is 26.6. The van der Waals surface area contributed by atoms with Crippen LogP contribution >= 0.6 is 0 Å². The minimum absolute atomic E-state index is 0.190. The lowest BCUT2D eigenvalue weighted by Crippen LogP contribution is -2.42. The molecule has 1 amide bonds. The van der Waals surface area contributed by atoms with Crippen LogP contribution in [0.4, 0.5) is 0 Å². The predicted octanol–water partition coefficient (Wildman–Crippen LogP) is 2.86. The van der Waals surface area contributed by atoms with Crippen molar-refractivity contribution in [3.05, 3.63) is 89.3 Å². The lowest BCUT2D eigenvalue weighted by atomic mass is 9.99. The first-order valence-electron chi connectivity index (χ1n) is 10.3. The maximum Gasteiger partial charge on any atom is 0.331 e. The normalized spacial score (nSPS) is 14.3. The van der Waals surface area contributed by atoms with Crippen LogP contribution in [0.1, 0.15) is 29.3 Å². The Kier molecular flexibility index (Phi) is 6.21. The molecule has 0 N–H and O–H groups in total. The topological polar surface area (TPSA) is 77.3 Å². The van der Waals surface area contributed by atoms with Crippen molar-refractivity contribution in [2.45, 2.75) is 32.5 Å². The number of ether oxygens (including phenoxy) is 1. The van der Waals surface area contributed by atoms with E-state index in [0.29, 0.717) is 25.3 Å². The van der Waals surface area contributed by atoms with Crippen LogP contribution in [0.2, 0.25) is 0 Å². The fraction of sp³-hybridized carbons (Fsp3) is 0.250. The van der Waals surface area contributed by atoms with E-state index in [0.717, 1.165) is 17.5 Å². The van der Waals surface area contributed by atoms with Crippen LogP contribution in [0, 0.1) is 0 Å². The van der Waals surface area contributed by atoms with Gasteiger partial charge in [0.2, 0.25) is 0 Å². The van der Waals surface area contributed by atoms with Crippen LogP contribution < -0.4 is 0 Å². The molecule has 1 atom stereocenters. The fourth-order valence-corrected chi connectivity index (χ4v) is 3.60. The van der Waals surface area contributed by atoms with Gasteiger partial charge in [0.25, 0.3) is 5.91 Å². The standard InChI is InChI=1S/C24H24N4O3/c1-18(24(30)27-14-13-20-9-5-6-10-21(20)16-27)31-23(29)12-11-22-17-28(26-25-22)15-19-7-3-2-4-8-19/h2-12,17-18H,13-16H2,1H3/b12-11+/t18-/m0/s1. The zero-order valence-electron chi connectivity index (χ0n) is 17.3. The number of carbonyl (C=O) groups is 2. The number of amides is 1. The molecule has 1 aliphatic heterocycles. The lowest BCUT2D eigenvalue weighted by molar-refractivity contribution is -0.155. The van der Waals surface area contributed by atoms with Crippen molar-refractivity contribution in [1.29, 1.82) is 0 Å². The Bertz CT molecular complexity index is 1090.